The summed E-state index contributed by atoms with van der Waals surface area (Å²) in [5.41, 5.74) is 2.63. The normalized spacial score (nSPS) is 18.1. The third-order valence-electron chi connectivity index (χ3n) is 7.29. The van der Waals surface area contributed by atoms with E-state index in [0.717, 1.165) is 27.2 Å². The number of nitrogens with zero attached hydrogens (tertiary/aromatic N) is 1. The second-order valence-corrected chi connectivity index (χ2v) is 11.9. The van der Waals surface area contributed by atoms with E-state index in [2.05, 4.69) is 22.8 Å². The van der Waals surface area contributed by atoms with Gasteiger partial charge in [-0.25, -0.2) is 9.59 Å². The summed E-state index contributed by atoms with van der Waals surface area (Å²) in [5, 5.41) is 14.8. The molecule has 0 unspecified atom stereocenters. The van der Waals surface area contributed by atoms with Gasteiger partial charge in [0.1, 0.15) is 18.4 Å². The minimum Gasteiger partial charge on any atom is -0.480 e. The highest BCUT2D eigenvalue weighted by atomic mass is 16.5. The fourth-order valence-electron chi connectivity index (χ4n) is 5.27. The fraction of sp³-hybridized carbons (Fsp3) is 0.484. The minimum absolute atomic E-state index is 0.0282. The van der Waals surface area contributed by atoms with Crippen molar-refractivity contribution < 1.29 is 38.5 Å². The SMILES string of the molecule is CC(C)(C)OC[C@H](NC(=O)CCNC(=O)OCC1c2ccccc2-c2ccccc21)C(=O)N1[C@H](C(=O)O)COC1(C)C. The zero-order valence-electron chi connectivity index (χ0n) is 24.6. The maximum atomic E-state index is 13.5. The molecule has 226 valence electrons. The van der Waals surface area contributed by atoms with Crippen LogP contribution in [0.5, 0.6) is 0 Å². The Labute approximate surface area is 245 Å². The van der Waals surface area contributed by atoms with Crippen molar-refractivity contribution >= 4 is 23.9 Å². The summed E-state index contributed by atoms with van der Waals surface area (Å²) < 4.78 is 16.8. The Morgan fingerprint density at radius 3 is 2.21 bits per heavy atom. The number of carboxylic acids is 1. The number of ether oxygens (including phenoxy) is 3. The lowest BCUT2D eigenvalue weighted by molar-refractivity contribution is -0.159. The van der Waals surface area contributed by atoms with Crippen LogP contribution in [-0.2, 0) is 28.6 Å². The van der Waals surface area contributed by atoms with Gasteiger partial charge in [0.15, 0.2) is 6.04 Å². The highest BCUT2D eigenvalue weighted by molar-refractivity contribution is 5.91. The number of fused-ring (bicyclic) bond motifs is 3. The molecule has 42 heavy (non-hydrogen) atoms. The van der Waals surface area contributed by atoms with Crippen LogP contribution < -0.4 is 10.6 Å². The molecule has 2 atom stereocenters. The molecule has 1 heterocycles. The molecule has 0 bridgehead atoms. The van der Waals surface area contributed by atoms with Crippen LogP contribution in [0.4, 0.5) is 4.79 Å². The van der Waals surface area contributed by atoms with Crippen LogP contribution in [0.1, 0.15) is 58.1 Å². The van der Waals surface area contributed by atoms with E-state index in [9.17, 15) is 24.3 Å². The van der Waals surface area contributed by atoms with Gasteiger partial charge >= 0.3 is 12.1 Å². The van der Waals surface area contributed by atoms with Gasteiger partial charge in [-0.1, -0.05) is 48.5 Å². The van der Waals surface area contributed by atoms with E-state index in [-0.39, 0.29) is 38.7 Å². The summed E-state index contributed by atoms with van der Waals surface area (Å²) in [7, 11) is 0. The van der Waals surface area contributed by atoms with E-state index in [1.807, 2.05) is 36.4 Å². The summed E-state index contributed by atoms with van der Waals surface area (Å²) in [4.78, 5) is 51.7. The van der Waals surface area contributed by atoms with E-state index >= 15 is 0 Å². The van der Waals surface area contributed by atoms with Gasteiger partial charge in [0.05, 0.1) is 18.8 Å². The predicted octanol–water partition coefficient (Wildman–Crippen LogP) is 3.26. The molecule has 3 N–H and O–H groups in total. The van der Waals surface area contributed by atoms with E-state index in [4.69, 9.17) is 14.2 Å². The maximum absolute atomic E-state index is 13.5. The average molecular weight is 582 g/mol. The Bertz CT molecular complexity index is 1290. The number of carbonyl (C=O) groups is 4. The van der Waals surface area contributed by atoms with Crippen molar-refractivity contribution in [3.8, 4) is 11.1 Å². The third kappa shape index (κ3) is 7.08. The lowest BCUT2D eigenvalue weighted by Gasteiger charge is -2.35. The van der Waals surface area contributed by atoms with E-state index < -0.39 is 47.3 Å². The first-order chi connectivity index (χ1) is 19.8. The molecule has 1 fully saturated rings. The largest absolute Gasteiger partial charge is 0.480 e. The molecule has 0 saturated carbocycles. The van der Waals surface area contributed by atoms with Gasteiger partial charge in [-0.15, -0.1) is 0 Å². The number of carbonyl (C=O) groups excluding carboxylic acids is 3. The smallest absolute Gasteiger partial charge is 0.407 e. The maximum Gasteiger partial charge on any atom is 0.407 e. The van der Waals surface area contributed by atoms with Gasteiger partial charge in [0.2, 0.25) is 5.91 Å². The molecule has 3 amide bonds. The van der Waals surface area contributed by atoms with Crippen LogP contribution >= 0.6 is 0 Å². The number of nitrogens with one attached hydrogen (secondary N) is 2. The monoisotopic (exact) mass is 581 g/mol. The van der Waals surface area contributed by atoms with Crippen molar-refractivity contribution in [2.24, 2.45) is 0 Å². The van der Waals surface area contributed by atoms with Crippen LogP contribution in [0, 0.1) is 0 Å². The van der Waals surface area contributed by atoms with Gasteiger partial charge in [-0.2, -0.15) is 0 Å². The first-order valence-electron chi connectivity index (χ1n) is 14.0. The molecule has 2 aromatic rings. The van der Waals surface area contributed by atoms with Gasteiger partial charge in [0, 0.05) is 18.9 Å². The number of alkyl carbamates (subject to hydrolysis) is 1. The summed E-state index contributed by atoms with van der Waals surface area (Å²) in [6.07, 6.45) is -0.792. The highest BCUT2D eigenvalue weighted by Gasteiger charge is 2.49. The number of carboxylic acid groups (broad SMARTS) is 1. The lowest BCUT2D eigenvalue weighted by atomic mass is 9.98. The van der Waals surface area contributed by atoms with Crippen molar-refractivity contribution in [2.75, 3.05) is 26.4 Å². The van der Waals surface area contributed by atoms with Crippen LogP contribution in [0.2, 0.25) is 0 Å². The van der Waals surface area contributed by atoms with Crippen LogP contribution in [-0.4, -0.2) is 83.7 Å². The van der Waals surface area contributed by atoms with Crippen molar-refractivity contribution in [1.29, 1.82) is 0 Å². The second kappa shape index (κ2) is 12.5. The molecule has 2 aromatic carbocycles. The van der Waals surface area contributed by atoms with E-state index in [1.54, 1.807) is 34.6 Å². The van der Waals surface area contributed by atoms with Crippen molar-refractivity contribution in [2.45, 2.75) is 70.4 Å². The number of hydrogen-bond donors (Lipinski definition) is 3. The number of amides is 3. The molecule has 1 aliphatic carbocycles. The molecule has 2 aliphatic rings. The Morgan fingerprint density at radius 1 is 1.05 bits per heavy atom. The van der Waals surface area contributed by atoms with E-state index in [1.165, 1.54) is 0 Å². The van der Waals surface area contributed by atoms with Crippen molar-refractivity contribution in [3.05, 3.63) is 59.7 Å². The van der Waals surface area contributed by atoms with Crippen LogP contribution in [0.25, 0.3) is 11.1 Å². The van der Waals surface area contributed by atoms with E-state index in [0.29, 0.717) is 0 Å². The third-order valence-corrected chi connectivity index (χ3v) is 7.29. The molecule has 0 spiro atoms. The highest BCUT2D eigenvalue weighted by Crippen LogP contribution is 2.44. The Kier molecular flexibility index (Phi) is 9.22. The van der Waals surface area contributed by atoms with Crippen molar-refractivity contribution in [3.63, 3.8) is 0 Å². The summed E-state index contributed by atoms with van der Waals surface area (Å²) >= 11 is 0. The number of rotatable bonds is 10. The Balaban J connectivity index is 1.31. The average Bonchev–Trinajstić information content (AvgIpc) is 3.42. The van der Waals surface area contributed by atoms with Crippen molar-refractivity contribution in [1.82, 2.24) is 15.5 Å². The summed E-state index contributed by atoms with van der Waals surface area (Å²) in [6.45, 7) is 8.37. The first-order valence-corrected chi connectivity index (χ1v) is 14.0. The summed E-state index contributed by atoms with van der Waals surface area (Å²) in [5.74, 6) is -2.45. The zero-order valence-corrected chi connectivity index (χ0v) is 24.6. The van der Waals surface area contributed by atoms with Crippen LogP contribution in [0.3, 0.4) is 0 Å². The van der Waals surface area contributed by atoms with Crippen LogP contribution in [0.15, 0.2) is 48.5 Å². The molecule has 1 saturated heterocycles. The lowest BCUT2D eigenvalue weighted by Crippen LogP contribution is -2.59. The molecule has 0 radical (unpaired) electrons. The Morgan fingerprint density at radius 2 is 1.64 bits per heavy atom. The second-order valence-electron chi connectivity index (χ2n) is 11.9. The molecular weight excluding hydrogens is 542 g/mol. The topological polar surface area (TPSA) is 144 Å². The minimum atomic E-state index is -1.21. The molecule has 11 heteroatoms. The van der Waals surface area contributed by atoms with Gasteiger partial charge in [-0.05, 0) is 56.9 Å². The molecule has 4 rings (SSSR count). The number of hydrogen-bond acceptors (Lipinski definition) is 7. The zero-order chi connectivity index (χ0) is 30.7. The molecule has 1 aliphatic heterocycles. The molecular formula is C31H39N3O8. The van der Waals surface area contributed by atoms with Gasteiger partial charge < -0.3 is 30.0 Å². The van der Waals surface area contributed by atoms with Gasteiger partial charge in [0.25, 0.3) is 5.91 Å². The first kappa shape index (κ1) is 31.0. The van der Waals surface area contributed by atoms with Gasteiger partial charge in [-0.3, -0.25) is 14.5 Å². The number of benzene rings is 2. The standard InChI is InChI=1S/C31H39N3O8/c1-30(2,3)41-17-24(27(36)34-25(28(37)38)18-42-31(34,4)5)33-26(35)14-15-32-29(39)40-16-23-21-12-8-6-10-19(21)20-11-7-9-13-22(20)23/h6-13,23-25H,14-18H2,1-5H3,(H,32,39)(H,33,35)(H,37,38)/t24-,25-/m0/s1. The molecule has 0 aromatic heterocycles. The molecule has 11 nitrogen and oxygen atoms in total. The summed E-state index contributed by atoms with van der Waals surface area (Å²) in [6, 6.07) is 13.7. The number of aliphatic carboxylic acids is 1. The fourth-order valence-corrected chi connectivity index (χ4v) is 5.27. The quantitative estimate of drug-likeness (QED) is 0.388. The predicted molar refractivity (Wildman–Crippen MR) is 154 cm³/mol. The Hall–Kier alpha value is -3.96.